The van der Waals surface area contributed by atoms with Crippen LogP contribution in [0.3, 0.4) is 0 Å². The molecule has 0 aliphatic rings. The molecule has 6 heteroatoms. The highest BCUT2D eigenvalue weighted by molar-refractivity contribution is 7.26. The molecule has 0 atom stereocenters. The summed E-state index contributed by atoms with van der Waals surface area (Å²) in [6.45, 7) is 0. The monoisotopic (exact) mass is 961 g/mol. The average Bonchev–Trinajstić information content (AvgIpc) is 4.26. The van der Waals surface area contributed by atoms with Crippen molar-refractivity contribution in [2.24, 2.45) is 0 Å². The third kappa shape index (κ3) is 5.68. The molecule has 12 aromatic carbocycles. The summed E-state index contributed by atoms with van der Waals surface area (Å²) in [7, 11) is 0. The Balaban J connectivity index is 0.879. The van der Waals surface area contributed by atoms with E-state index in [2.05, 4.69) is 227 Å². The third-order valence-corrected chi connectivity index (χ3v) is 16.8. The van der Waals surface area contributed by atoms with Gasteiger partial charge in [0.2, 0.25) is 0 Å². The van der Waals surface area contributed by atoms with E-state index in [4.69, 9.17) is 8.83 Å². The van der Waals surface area contributed by atoms with Crippen LogP contribution in [-0.4, -0.2) is 4.40 Å². The first-order valence-corrected chi connectivity index (χ1v) is 25.9. The zero-order valence-corrected chi connectivity index (χ0v) is 40.4. The van der Waals surface area contributed by atoms with E-state index in [1.165, 1.54) is 79.8 Å². The first-order valence-electron chi connectivity index (χ1n) is 25.1. The van der Waals surface area contributed by atoms with Gasteiger partial charge in [-0.25, -0.2) is 0 Å². The fourth-order valence-corrected chi connectivity index (χ4v) is 13.5. The van der Waals surface area contributed by atoms with Crippen LogP contribution >= 0.6 is 11.3 Å². The van der Waals surface area contributed by atoms with Crippen molar-refractivity contribution in [3.63, 3.8) is 0 Å². The second kappa shape index (κ2) is 15.0. The van der Waals surface area contributed by atoms with Gasteiger partial charge in [0.25, 0.3) is 0 Å². The van der Waals surface area contributed by atoms with Crippen LogP contribution in [-0.2, 0) is 0 Å². The lowest BCUT2D eigenvalue weighted by atomic mass is 10.00. The smallest absolute Gasteiger partial charge is 0.135 e. The van der Waals surface area contributed by atoms with Crippen LogP contribution in [0.5, 0.6) is 0 Å². The van der Waals surface area contributed by atoms with E-state index in [1.807, 2.05) is 35.6 Å². The molecule has 0 spiro atoms. The quantitative estimate of drug-likeness (QED) is 0.166. The molecule has 0 aliphatic heterocycles. The van der Waals surface area contributed by atoms with Crippen LogP contribution in [0, 0.1) is 0 Å². The van der Waals surface area contributed by atoms with Gasteiger partial charge in [0.15, 0.2) is 0 Å². The number of furan rings is 2. The van der Waals surface area contributed by atoms with Crippen LogP contribution < -0.4 is 9.80 Å². The Morgan fingerprint density at radius 1 is 0.297 bits per heavy atom. The Morgan fingerprint density at radius 2 is 0.770 bits per heavy atom. The number of aromatic nitrogens is 1. The van der Waals surface area contributed by atoms with E-state index in [-0.39, 0.29) is 0 Å². The molecule has 17 aromatic rings. The summed E-state index contributed by atoms with van der Waals surface area (Å²) in [5, 5.41) is 16.9. The van der Waals surface area contributed by atoms with Crippen molar-refractivity contribution >= 4 is 169 Å². The van der Waals surface area contributed by atoms with E-state index in [0.717, 1.165) is 78.0 Å². The predicted octanol–water partition coefficient (Wildman–Crippen LogP) is 20.2. The molecule has 344 valence electrons. The molecule has 0 saturated heterocycles. The maximum atomic E-state index is 6.28. The molecule has 0 fully saturated rings. The predicted molar refractivity (Wildman–Crippen MR) is 313 cm³/mol. The van der Waals surface area contributed by atoms with Crippen molar-refractivity contribution in [1.29, 1.82) is 0 Å². The molecular weight excluding hydrogens is 923 g/mol. The summed E-state index contributed by atoms with van der Waals surface area (Å²) in [5.41, 5.74) is 13.8. The van der Waals surface area contributed by atoms with Crippen LogP contribution in [0.15, 0.2) is 245 Å². The summed E-state index contributed by atoms with van der Waals surface area (Å²) < 4.78 is 17.7. The van der Waals surface area contributed by atoms with E-state index in [1.54, 1.807) is 0 Å². The van der Waals surface area contributed by atoms with Gasteiger partial charge < -0.3 is 23.0 Å². The highest BCUT2D eigenvalue weighted by Crippen LogP contribution is 2.50. The molecule has 5 heterocycles. The number of benzene rings is 12. The number of nitrogens with zero attached hydrogens (tertiary/aromatic N) is 3. The van der Waals surface area contributed by atoms with Gasteiger partial charge in [-0.2, -0.15) is 0 Å². The van der Waals surface area contributed by atoms with E-state index < -0.39 is 0 Å². The first-order chi connectivity index (χ1) is 36.6. The lowest BCUT2D eigenvalue weighted by Crippen LogP contribution is -2.09. The number of fused-ring (bicyclic) bond motifs is 18. The standard InChI is InChI=1S/C68H39N3O2S/c1-3-13-44(14-4-1)69(48-27-29-63-54(37-48)50-17-7-10-20-61(50)72-63)46-25-23-40-35-59-53(33-42(40)31-46)56-39-57-52-19-9-12-22-65(52)74-68(57)66-58-34-43-32-47(26-24-41(43)36-60(58)71(59)67(56)66)70(45-15-5-2-6-16-45)49-28-30-64-55(38-49)51-18-8-11-21-62(51)73-64/h1-39H. The van der Waals surface area contributed by atoms with E-state index >= 15 is 0 Å². The molecule has 0 N–H and O–H groups in total. The van der Waals surface area contributed by atoms with Crippen molar-refractivity contribution in [3.8, 4) is 0 Å². The Bertz CT molecular complexity index is 5160. The maximum Gasteiger partial charge on any atom is 0.135 e. The molecule has 0 amide bonds. The van der Waals surface area contributed by atoms with Gasteiger partial charge in [0.05, 0.1) is 16.6 Å². The lowest BCUT2D eigenvalue weighted by molar-refractivity contribution is 0.668. The SMILES string of the molecule is c1ccc(N(c2ccc3cc4c(cc3c2)c2cc3c5ccccc5sc3c3c5cc6cc(N(c7ccccc7)c7ccc8oc9ccccc9c8c7)ccc6cc5n4c23)c2ccc3oc4ccccc4c3c2)cc1. The highest BCUT2D eigenvalue weighted by Gasteiger charge is 2.25. The Morgan fingerprint density at radius 3 is 1.36 bits per heavy atom. The maximum absolute atomic E-state index is 6.28. The third-order valence-electron chi connectivity index (χ3n) is 15.6. The van der Waals surface area contributed by atoms with Crippen molar-refractivity contribution in [2.75, 3.05) is 9.80 Å². The fourth-order valence-electron chi connectivity index (χ4n) is 12.3. The summed E-state index contributed by atoms with van der Waals surface area (Å²) in [6.07, 6.45) is 0. The van der Waals surface area contributed by atoms with E-state index in [9.17, 15) is 0 Å². The molecule has 0 radical (unpaired) electrons. The normalized spacial score (nSPS) is 12.3. The highest BCUT2D eigenvalue weighted by atomic mass is 32.1. The molecule has 0 bridgehead atoms. The number of hydrogen-bond acceptors (Lipinski definition) is 5. The minimum atomic E-state index is 0.885. The summed E-state index contributed by atoms with van der Waals surface area (Å²) in [6, 6.07) is 86.1. The van der Waals surface area contributed by atoms with Gasteiger partial charge in [0.1, 0.15) is 22.3 Å². The molecule has 0 saturated carbocycles. The number of rotatable bonds is 6. The number of anilines is 6. The number of hydrogen-bond donors (Lipinski definition) is 0. The second-order valence-electron chi connectivity index (χ2n) is 19.7. The van der Waals surface area contributed by atoms with Crippen LogP contribution in [0.1, 0.15) is 0 Å². The minimum absolute atomic E-state index is 0.885. The fraction of sp³-hybridized carbons (Fsp3) is 0. The van der Waals surface area contributed by atoms with Gasteiger partial charge >= 0.3 is 0 Å². The zero-order chi connectivity index (χ0) is 48.2. The zero-order valence-electron chi connectivity index (χ0n) is 39.6. The second-order valence-corrected chi connectivity index (χ2v) is 20.7. The van der Waals surface area contributed by atoms with Gasteiger partial charge in [-0.05, 0) is 155 Å². The average molecular weight is 962 g/mol. The summed E-state index contributed by atoms with van der Waals surface area (Å²) >= 11 is 1.91. The van der Waals surface area contributed by atoms with Gasteiger partial charge in [-0.15, -0.1) is 11.3 Å². The molecule has 5 aromatic heterocycles. The van der Waals surface area contributed by atoms with Crippen molar-refractivity contribution in [2.45, 2.75) is 0 Å². The Kier molecular flexibility index (Phi) is 8.09. The Labute approximate surface area is 426 Å². The summed E-state index contributed by atoms with van der Waals surface area (Å²) in [5.74, 6) is 0. The number of thiophene rings is 1. The Hall–Kier alpha value is -9.62. The molecule has 17 rings (SSSR count). The molecule has 74 heavy (non-hydrogen) atoms. The largest absolute Gasteiger partial charge is 0.456 e. The van der Waals surface area contributed by atoms with Crippen LogP contribution in [0.2, 0.25) is 0 Å². The van der Waals surface area contributed by atoms with Crippen LogP contribution in [0.25, 0.3) is 124 Å². The summed E-state index contributed by atoms with van der Waals surface area (Å²) in [4.78, 5) is 4.73. The molecule has 0 unspecified atom stereocenters. The van der Waals surface area contributed by atoms with E-state index in [0.29, 0.717) is 0 Å². The van der Waals surface area contributed by atoms with Crippen LogP contribution in [0.4, 0.5) is 34.1 Å². The first kappa shape index (κ1) is 40.0. The van der Waals surface area contributed by atoms with Crippen molar-refractivity contribution in [3.05, 3.63) is 237 Å². The minimum Gasteiger partial charge on any atom is -0.456 e. The van der Waals surface area contributed by atoms with Crippen molar-refractivity contribution in [1.82, 2.24) is 4.40 Å². The van der Waals surface area contributed by atoms with Crippen molar-refractivity contribution < 1.29 is 8.83 Å². The number of para-hydroxylation sites is 4. The van der Waals surface area contributed by atoms with Gasteiger partial charge in [-0.1, -0.05) is 103 Å². The molecule has 5 nitrogen and oxygen atoms in total. The molecule has 0 aliphatic carbocycles. The molecular formula is C68H39N3O2S. The van der Waals surface area contributed by atoms with Gasteiger partial charge in [-0.3, -0.25) is 0 Å². The lowest BCUT2D eigenvalue weighted by Gasteiger charge is -2.26. The van der Waals surface area contributed by atoms with Gasteiger partial charge in [0, 0.05) is 97.4 Å². The topological polar surface area (TPSA) is 37.2 Å².